The lowest BCUT2D eigenvalue weighted by molar-refractivity contribution is -0.132. The van der Waals surface area contributed by atoms with Crippen LogP contribution in [0.5, 0.6) is 0 Å². The van der Waals surface area contributed by atoms with Crippen LogP contribution in [0, 0.1) is 0 Å². The quantitative estimate of drug-likeness (QED) is 0.630. The monoisotopic (exact) mass is 388 g/mol. The molecular formula is C23H24N4O2. The first kappa shape index (κ1) is 19.1. The number of aromatic nitrogens is 3. The maximum Gasteiger partial charge on any atom is 0.246 e. The van der Waals surface area contributed by atoms with Crippen molar-refractivity contribution in [1.29, 1.82) is 0 Å². The third-order valence-corrected chi connectivity index (χ3v) is 4.87. The molecule has 2 aromatic heterocycles. The molecule has 0 N–H and O–H groups in total. The van der Waals surface area contributed by atoms with Crippen LogP contribution in [-0.2, 0) is 16.1 Å². The van der Waals surface area contributed by atoms with E-state index in [1.165, 1.54) is 5.56 Å². The number of ether oxygens (including phenoxy) is 1. The minimum absolute atomic E-state index is 0.00639. The molecule has 29 heavy (non-hydrogen) atoms. The third-order valence-electron chi connectivity index (χ3n) is 4.87. The Bertz CT molecular complexity index is 983. The first-order chi connectivity index (χ1) is 14.2. The Balaban J connectivity index is 1.59. The summed E-state index contributed by atoms with van der Waals surface area (Å²) >= 11 is 0. The van der Waals surface area contributed by atoms with Gasteiger partial charge >= 0.3 is 0 Å². The van der Waals surface area contributed by atoms with Gasteiger partial charge < -0.3 is 9.64 Å². The molecule has 4 rings (SSSR count). The Morgan fingerprint density at radius 1 is 1.24 bits per heavy atom. The highest BCUT2D eigenvalue weighted by atomic mass is 16.5. The van der Waals surface area contributed by atoms with E-state index in [1.54, 1.807) is 18.5 Å². The van der Waals surface area contributed by atoms with Gasteiger partial charge in [-0.15, -0.1) is 0 Å². The van der Waals surface area contributed by atoms with E-state index >= 15 is 0 Å². The predicted molar refractivity (Wildman–Crippen MR) is 112 cm³/mol. The van der Waals surface area contributed by atoms with Crippen LogP contribution in [0.3, 0.4) is 0 Å². The van der Waals surface area contributed by atoms with Crippen LogP contribution in [0.2, 0.25) is 0 Å². The van der Waals surface area contributed by atoms with Crippen molar-refractivity contribution in [3.8, 4) is 11.3 Å². The first-order valence-electron chi connectivity index (χ1n) is 9.79. The lowest BCUT2D eigenvalue weighted by Crippen LogP contribution is -2.43. The summed E-state index contributed by atoms with van der Waals surface area (Å²) in [5.74, 6) is -0.00639. The minimum atomic E-state index is -0.00639. The Labute approximate surface area is 170 Å². The number of benzene rings is 1. The van der Waals surface area contributed by atoms with E-state index in [1.807, 2.05) is 59.1 Å². The predicted octanol–water partition coefficient (Wildman–Crippen LogP) is 3.25. The number of amides is 1. The van der Waals surface area contributed by atoms with Gasteiger partial charge in [0, 0.05) is 48.9 Å². The van der Waals surface area contributed by atoms with Gasteiger partial charge in [0.2, 0.25) is 5.91 Å². The zero-order chi connectivity index (χ0) is 20.1. The van der Waals surface area contributed by atoms with Gasteiger partial charge in [-0.1, -0.05) is 30.3 Å². The van der Waals surface area contributed by atoms with Gasteiger partial charge in [0.25, 0.3) is 0 Å². The lowest BCUT2D eigenvalue weighted by Gasteiger charge is -2.30. The van der Waals surface area contributed by atoms with Gasteiger partial charge in [0.05, 0.1) is 19.3 Å². The molecule has 3 heterocycles. The van der Waals surface area contributed by atoms with Gasteiger partial charge in [-0.2, -0.15) is 5.10 Å². The molecule has 1 fully saturated rings. The Kier molecular flexibility index (Phi) is 5.81. The van der Waals surface area contributed by atoms with E-state index < -0.39 is 0 Å². The largest absolute Gasteiger partial charge is 0.375 e. The standard InChI is InChI=1S/C23H24N4O2/c1-18-15-26(12-13-29-18)22(28)10-9-21-17-27(16-19-6-3-2-4-7-19)25-23(21)20-8-5-11-24-14-20/h2-11,14,17-18H,12-13,15-16H2,1H3/b10-9+. The molecule has 0 radical (unpaired) electrons. The summed E-state index contributed by atoms with van der Waals surface area (Å²) in [6.07, 6.45) is 9.05. The molecule has 1 aliphatic heterocycles. The molecule has 1 amide bonds. The van der Waals surface area contributed by atoms with E-state index in [2.05, 4.69) is 17.1 Å². The topological polar surface area (TPSA) is 60.2 Å². The molecule has 3 aromatic rings. The molecule has 0 saturated carbocycles. The molecule has 1 aromatic carbocycles. The van der Waals surface area contributed by atoms with E-state index in [9.17, 15) is 4.79 Å². The van der Waals surface area contributed by atoms with Crippen LogP contribution in [0.15, 0.2) is 67.1 Å². The fourth-order valence-corrected chi connectivity index (χ4v) is 3.42. The number of morpholine rings is 1. The molecule has 1 saturated heterocycles. The normalized spacial score (nSPS) is 17.0. The molecule has 148 valence electrons. The number of pyridine rings is 1. The molecule has 6 heteroatoms. The van der Waals surface area contributed by atoms with Crippen LogP contribution < -0.4 is 0 Å². The van der Waals surface area contributed by atoms with Crippen LogP contribution in [0.25, 0.3) is 17.3 Å². The maximum atomic E-state index is 12.6. The summed E-state index contributed by atoms with van der Waals surface area (Å²) in [7, 11) is 0. The van der Waals surface area contributed by atoms with Crippen molar-refractivity contribution in [3.05, 3.63) is 78.3 Å². The average molecular weight is 388 g/mol. The number of hydrogen-bond acceptors (Lipinski definition) is 4. The third kappa shape index (κ3) is 4.78. The smallest absolute Gasteiger partial charge is 0.246 e. The number of carbonyl (C=O) groups is 1. The number of rotatable bonds is 5. The SMILES string of the molecule is CC1CN(C(=O)/C=C/c2cn(Cc3ccccc3)nc2-c2cccnc2)CCO1. The second-order valence-electron chi connectivity index (χ2n) is 7.16. The zero-order valence-corrected chi connectivity index (χ0v) is 16.4. The summed E-state index contributed by atoms with van der Waals surface area (Å²) < 4.78 is 7.42. The summed E-state index contributed by atoms with van der Waals surface area (Å²) in [6.45, 7) is 4.47. The fourth-order valence-electron chi connectivity index (χ4n) is 3.42. The summed E-state index contributed by atoms with van der Waals surface area (Å²) in [5.41, 5.74) is 3.80. The van der Waals surface area contributed by atoms with Crippen LogP contribution in [0.4, 0.5) is 0 Å². The summed E-state index contributed by atoms with van der Waals surface area (Å²) in [4.78, 5) is 18.6. The Morgan fingerprint density at radius 2 is 2.10 bits per heavy atom. The highest BCUT2D eigenvalue weighted by Gasteiger charge is 2.19. The molecule has 1 aliphatic rings. The fraction of sp³-hybridized carbons (Fsp3) is 0.261. The molecule has 0 spiro atoms. The second kappa shape index (κ2) is 8.84. The molecule has 0 aliphatic carbocycles. The average Bonchev–Trinajstić information content (AvgIpc) is 3.16. The van der Waals surface area contributed by atoms with Crippen LogP contribution >= 0.6 is 0 Å². The highest BCUT2D eigenvalue weighted by molar-refractivity contribution is 5.92. The van der Waals surface area contributed by atoms with E-state index in [-0.39, 0.29) is 12.0 Å². The second-order valence-corrected chi connectivity index (χ2v) is 7.16. The van der Waals surface area contributed by atoms with Crippen molar-refractivity contribution in [2.45, 2.75) is 19.6 Å². The highest BCUT2D eigenvalue weighted by Crippen LogP contribution is 2.23. The van der Waals surface area contributed by atoms with Crippen molar-refractivity contribution in [1.82, 2.24) is 19.7 Å². The zero-order valence-electron chi connectivity index (χ0n) is 16.4. The molecule has 1 unspecified atom stereocenters. The molecule has 1 atom stereocenters. The van der Waals surface area contributed by atoms with Crippen molar-refractivity contribution < 1.29 is 9.53 Å². The van der Waals surface area contributed by atoms with Crippen molar-refractivity contribution in [2.75, 3.05) is 19.7 Å². The number of nitrogens with zero attached hydrogens (tertiary/aromatic N) is 4. The van der Waals surface area contributed by atoms with E-state index in [0.717, 1.165) is 16.8 Å². The minimum Gasteiger partial charge on any atom is -0.375 e. The first-order valence-corrected chi connectivity index (χ1v) is 9.79. The van der Waals surface area contributed by atoms with Gasteiger partial charge in [0.1, 0.15) is 5.69 Å². The summed E-state index contributed by atoms with van der Waals surface area (Å²) in [6, 6.07) is 14.0. The molecule has 6 nitrogen and oxygen atoms in total. The van der Waals surface area contributed by atoms with Gasteiger partial charge in [-0.25, -0.2) is 0 Å². The molecule has 0 bridgehead atoms. The Hall–Kier alpha value is -3.25. The van der Waals surface area contributed by atoms with Crippen LogP contribution in [-0.4, -0.2) is 51.4 Å². The molecular weight excluding hydrogens is 364 g/mol. The van der Waals surface area contributed by atoms with Crippen molar-refractivity contribution in [3.63, 3.8) is 0 Å². The van der Waals surface area contributed by atoms with Gasteiger partial charge in [0.15, 0.2) is 0 Å². The van der Waals surface area contributed by atoms with Crippen molar-refractivity contribution in [2.24, 2.45) is 0 Å². The maximum absolute atomic E-state index is 12.6. The van der Waals surface area contributed by atoms with Crippen molar-refractivity contribution >= 4 is 12.0 Å². The van der Waals surface area contributed by atoms with Gasteiger partial charge in [-0.3, -0.25) is 14.5 Å². The number of hydrogen-bond donors (Lipinski definition) is 0. The Morgan fingerprint density at radius 3 is 2.86 bits per heavy atom. The summed E-state index contributed by atoms with van der Waals surface area (Å²) in [5, 5.41) is 4.76. The number of carbonyl (C=O) groups excluding carboxylic acids is 1. The van der Waals surface area contributed by atoms with E-state index in [4.69, 9.17) is 9.84 Å². The van der Waals surface area contributed by atoms with Gasteiger partial charge in [-0.05, 0) is 30.7 Å². The lowest BCUT2D eigenvalue weighted by atomic mass is 10.1. The van der Waals surface area contributed by atoms with Crippen LogP contribution in [0.1, 0.15) is 18.1 Å². The van der Waals surface area contributed by atoms with E-state index in [0.29, 0.717) is 26.2 Å².